The van der Waals surface area contributed by atoms with Crippen molar-refractivity contribution in [2.45, 2.75) is 17.3 Å². The van der Waals surface area contributed by atoms with E-state index >= 15 is 0 Å². The highest BCUT2D eigenvalue weighted by Crippen LogP contribution is 2.46. The van der Waals surface area contributed by atoms with Crippen LogP contribution in [0.4, 0.5) is 4.39 Å². The van der Waals surface area contributed by atoms with E-state index in [1.165, 1.54) is 12.3 Å². The van der Waals surface area contributed by atoms with Gasteiger partial charge in [-0.25, -0.2) is 9.37 Å². The van der Waals surface area contributed by atoms with Crippen LogP contribution in [0.2, 0.25) is 0 Å². The first-order valence-corrected chi connectivity index (χ1v) is 8.87. The zero-order valence-corrected chi connectivity index (χ0v) is 14.1. The van der Waals surface area contributed by atoms with Gasteiger partial charge < -0.3 is 14.2 Å². The van der Waals surface area contributed by atoms with Gasteiger partial charge in [0.05, 0.1) is 4.75 Å². The van der Waals surface area contributed by atoms with Gasteiger partial charge in [0, 0.05) is 44.7 Å². The highest BCUT2D eigenvalue weighted by atomic mass is 32.2. The second-order valence-electron chi connectivity index (χ2n) is 6.39. The summed E-state index contributed by atoms with van der Waals surface area (Å²) in [6, 6.07) is 6.61. The van der Waals surface area contributed by atoms with Crippen LogP contribution in [0, 0.1) is 5.82 Å². The fourth-order valence-corrected chi connectivity index (χ4v) is 4.88. The third-order valence-electron chi connectivity index (χ3n) is 4.59. The van der Waals surface area contributed by atoms with Gasteiger partial charge in [-0.1, -0.05) is 0 Å². The fraction of sp³-hybridized carbons (Fsp3) is 0.412. The van der Waals surface area contributed by atoms with Crippen LogP contribution in [-0.4, -0.2) is 50.1 Å². The van der Waals surface area contributed by atoms with Crippen molar-refractivity contribution in [3.63, 3.8) is 0 Å². The zero-order chi connectivity index (χ0) is 16.7. The van der Waals surface area contributed by atoms with Crippen molar-refractivity contribution in [1.82, 2.24) is 14.5 Å². The molecule has 2 aromatic rings. The highest BCUT2D eigenvalue weighted by Gasteiger charge is 2.51. The number of hydrogen-bond donors (Lipinski definition) is 0. The van der Waals surface area contributed by atoms with Crippen molar-refractivity contribution < 1.29 is 13.9 Å². The molecule has 0 bridgehead atoms. The number of carbonyl (C=O) groups is 1. The van der Waals surface area contributed by atoms with E-state index in [0.29, 0.717) is 18.8 Å². The van der Waals surface area contributed by atoms with E-state index in [-0.39, 0.29) is 22.6 Å². The normalized spacial score (nSPS) is 21.8. The fourth-order valence-electron chi connectivity index (χ4n) is 3.35. The number of carbonyl (C=O) groups excluding carboxylic acids is 1. The summed E-state index contributed by atoms with van der Waals surface area (Å²) in [5.74, 6) is 0.491. The van der Waals surface area contributed by atoms with E-state index in [0.717, 1.165) is 12.2 Å². The minimum Gasteiger partial charge on any atom is -0.471 e. The second kappa shape index (κ2) is 5.81. The van der Waals surface area contributed by atoms with Gasteiger partial charge in [0.1, 0.15) is 11.8 Å². The standard InChI is InChI=1S/C17H18FN3O2S/c1-20-7-3-5-14(20)16(22)21-10-17(11-21)8-12(9-24-17)23-15-13(18)4-2-6-19-15/h2-7,12H,8-11H2,1H3/t12-/m1/s1. The molecule has 2 aliphatic rings. The SMILES string of the molecule is Cn1cccc1C(=O)N1CC2(C[C@@H](Oc3ncccc3F)CS2)C1. The summed E-state index contributed by atoms with van der Waals surface area (Å²) in [5.41, 5.74) is 0.705. The van der Waals surface area contributed by atoms with E-state index in [2.05, 4.69) is 4.98 Å². The molecule has 0 aliphatic carbocycles. The Hall–Kier alpha value is -2.02. The maximum atomic E-state index is 13.6. The molecule has 5 nitrogen and oxygen atoms in total. The van der Waals surface area contributed by atoms with E-state index in [1.54, 1.807) is 6.07 Å². The van der Waals surface area contributed by atoms with Crippen molar-refractivity contribution in [3.05, 3.63) is 48.2 Å². The van der Waals surface area contributed by atoms with Gasteiger partial charge in [0.15, 0.2) is 5.82 Å². The molecule has 0 unspecified atom stereocenters. The lowest BCUT2D eigenvalue weighted by atomic mass is 9.92. The summed E-state index contributed by atoms with van der Waals surface area (Å²) in [4.78, 5) is 18.3. The Labute approximate surface area is 143 Å². The number of thioether (sulfide) groups is 1. The Morgan fingerprint density at radius 1 is 1.42 bits per heavy atom. The van der Waals surface area contributed by atoms with Crippen LogP contribution in [0.5, 0.6) is 5.88 Å². The molecule has 0 radical (unpaired) electrons. The molecule has 1 amide bonds. The van der Waals surface area contributed by atoms with Crippen LogP contribution in [0.3, 0.4) is 0 Å². The Morgan fingerprint density at radius 2 is 2.25 bits per heavy atom. The third kappa shape index (κ3) is 2.66. The van der Waals surface area contributed by atoms with Crippen LogP contribution in [-0.2, 0) is 7.05 Å². The average Bonchev–Trinajstić information content (AvgIpc) is 3.14. The smallest absolute Gasteiger partial charge is 0.270 e. The molecule has 2 fully saturated rings. The molecular formula is C17H18FN3O2S. The lowest BCUT2D eigenvalue weighted by molar-refractivity contribution is 0.0504. The van der Waals surface area contributed by atoms with Gasteiger partial charge in [-0.05, 0) is 24.3 Å². The Kier molecular flexibility index (Phi) is 3.75. The predicted octanol–water partition coefficient (Wildman–Crippen LogP) is 2.34. The van der Waals surface area contributed by atoms with Gasteiger partial charge >= 0.3 is 0 Å². The summed E-state index contributed by atoms with van der Waals surface area (Å²) in [5, 5.41) is 0. The molecule has 4 rings (SSSR count). The Balaban J connectivity index is 1.36. The lowest BCUT2D eigenvalue weighted by Crippen LogP contribution is -2.61. The van der Waals surface area contributed by atoms with Crippen LogP contribution in [0.1, 0.15) is 16.9 Å². The molecule has 2 aliphatic heterocycles. The van der Waals surface area contributed by atoms with Gasteiger partial charge in [-0.2, -0.15) is 0 Å². The predicted molar refractivity (Wildman–Crippen MR) is 89.7 cm³/mol. The largest absolute Gasteiger partial charge is 0.471 e. The van der Waals surface area contributed by atoms with Crippen LogP contribution >= 0.6 is 11.8 Å². The molecule has 2 aromatic heterocycles. The maximum absolute atomic E-state index is 13.6. The number of amides is 1. The molecule has 0 saturated carbocycles. The van der Waals surface area contributed by atoms with Crippen molar-refractivity contribution in [3.8, 4) is 5.88 Å². The Morgan fingerprint density at radius 3 is 2.96 bits per heavy atom. The number of likely N-dealkylation sites (tertiary alicyclic amines) is 1. The van der Waals surface area contributed by atoms with Crippen LogP contribution in [0.15, 0.2) is 36.7 Å². The van der Waals surface area contributed by atoms with Gasteiger partial charge in [-0.15, -0.1) is 11.8 Å². The molecule has 4 heterocycles. The average molecular weight is 347 g/mol. The van der Waals surface area contributed by atoms with Crippen LogP contribution < -0.4 is 4.74 Å². The number of ether oxygens (including phenoxy) is 1. The molecule has 24 heavy (non-hydrogen) atoms. The van der Waals surface area contributed by atoms with Crippen molar-refractivity contribution in [1.29, 1.82) is 0 Å². The summed E-state index contributed by atoms with van der Waals surface area (Å²) in [6.07, 6.45) is 4.15. The number of aryl methyl sites for hydroxylation is 1. The zero-order valence-electron chi connectivity index (χ0n) is 13.3. The molecule has 1 spiro atoms. The molecular weight excluding hydrogens is 329 g/mol. The minimum atomic E-state index is -0.433. The third-order valence-corrected chi connectivity index (χ3v) is 6.16. The molecule has 7 heteroatoms. The van der Waals surface area contributed by atoms with Crippen LogP contribution in [0.25, 0.3) is 0 Å². The monoisotopic (exact) mass is 347 g/mol. The quantitative estimate of drug-likeness (QED) is 0.855. The molecule has 1 atom stereocenters. The summed E-state index contributed by atoms with van der Waals surface area (Å²) in [6.45, 7) is 1.43. The first-order chi connectivity index (χ1) is 11.6. The number of halogens is 1. The van der Waals surface area contributed by atoms with Gasteiger partial charge in [0.2, 0.25) is 0 Å². The molecule has 2 saturated heterocycles. The van der Waals surface area contributed by atoms with Crippen molar-refractivity contribution in [2.24, 2.45) is 7.05 Å². The molecule has 0 N–H and O–H groups in total. The lowest BCUT2D eigenvalue weighted by Gasteiger charge is -2.47. The summed E-state index contributed by atoms with van der Waals surface area (Å²) >= 11 is 1.81. The van der Waals surface area contributed by atoms with Gasteiger partial charge in [-0.3, -0.25) is 4.79 Å². The summed E-state index contributed by atoms with van der Waals surface area (Å²) in [7, 11) is 1.87. The van der Waals surface area contributed by atoms with E-state index in [9.17, 15) is 9.18 Å². The molecule has 126 valence electrons. The van der Waals surface area contributed by atoms with Crippen molar-refractivity contribution >= 4 is 17.7 Å². The second-order valence-corrected chi connectivity index (χ2v) is 7.88. The highest BCUT2D eigenvalue weighted by molar-refractivity contribution is 8.01. The van der Waals surface area contributed by atoms with E-state index < -0.39 is 5.82 Å². The van der Waals surface area contributed by atoms with Crippen molar-refractivity contribution in [2.75, 3.05) is 18.8 Å². The number of hydrogen-bond acceptors (Lipinski definition) is 4. The van der Waals surface area contributed by atoms with E-state index in [1.807, 2.05) is 46.6 Å². The van der Waals surface area contributed by atoms with Gasteiger partial charge in [0.25, 0.3) is 11.8 Å². The first kappa shape index (κ1) is 15.5. The number of pyridine rings is 1. The van der Waals surface area contributed by atoms with E-state index in [4.69, 9.17) is 4.74 Å². The number of rotatable bonds is 3. The summed E-state index contributed by atoms with van der Waals surface area (Å²) < 4.78 is 21.2. The minimum absolute atomic E-state index is 0.0384. The number of nitrogens with zero attached hydrogens (tertiary/aromatic N) is 3. The maximum Gasteiger partial charge on any atom is 0.270 e. The number of aromatic nitrogens is 2. The topological polar surface area (TPSA) is 47.4 Å². The molecule has 0 aromatic carbocycles. The Bertz CT molecular complexity index is 773. The first-order valence-electron chi connectivity index (χ1n) is 7.88.